The van der Waals surface area contributed by atoms with E-state index in [2.05, 4.69) is 26.2 Å². The van der Waals surface area contributed by atoms with Crippen molar-refractivity contribution in [3.05, 3.63) is 21.4 Å². The van der Waals surface area contributed by atoms with E-state index in [-0.39, 0.29) is 0 Å². The van der Waals surface area contributed by atoms with Gasteiger partial charge in [-0.25, -0.2) is 0 Å². The molecule has 1 aliphatic carbocycles. The maximum absolute atomic E-state index is 3.71. The minimum Gasteiger partial charge on any atom is -0.360 e. The fourth-order valence-electron chi connectivity index (χ4n) is 2.21. The van der Waals surface area contributed by atoms with Gasteiger partial charge in [0.2, 0.25) is 0 Å². The lowest BCUT2D eigenvalue weighted by molar-refractivity contribution is 0.410. The molecule has 3 rings (SSSR count). The van der Waals surface area contributed by atoms with Crippen LogP contribution in [0.25, 0.3) is 0 Å². The van der Waals surface area contributed by atoms with Gasteiger partial charge < -0.3 is 10.3 Å². The van der Waals surface area contributed by atoms with Crippen LogP contribution in [0, 0.1) is 0 Å². The molecule has 1 saturated carbocycles. The molecule has 70 valence electrons. The lowest BCUT2D eigenvalue weighted by atomic mass is 9.83. The predicted molar refractivity (Wildman–Crippen MR) is 55.6 cm³/mol. The van der Waals surface area contributed by atoms with Crippen LogP contribution in [0.1, 0.15) is 42.1 Å². The molecule has 1 aromatic rings. The van der Waals surface area contributed by atoms with Gasteiger partial charge in [0.25, 0.3) is 0 Å². The normalized spacial score (nSPS) is 21.6. The van der Waals surface area contributed by atoms with E-state index in [0.29, 0.717) is 0 Å². The van der Waals surface area contributed by atoms with Gasteiger partial charge in [-0.3, -0.25) is 0 Å². The standard InChI is InChI=1S/C10H13BrN2/c11-9-7-4-12-5-8(7)13-10(9)6-2-1-3-6/h6,12-13H,1-5H2. The van der Waals surface area contributed by atoms with Crippen LogP contribution in [0.2, 0.25) is 0 Å². The van der Waals surface area contributed by atoms with E-state index >= 15 is 0 Å². The summed E-state index contributed by atoms with van der Waals surface area (Å²) in [5.74, 6) is 0.806. The first kappa shape index (κ1) is 8.06. The van der Waals surface area contributed by atoms with Crippen molar-refractivity contribution in [2.24, 2.45) is 0 Å². The Labute approximate surface area is 86.2 Å². The van der Waals surface area contributed by atoms with E-state index in [0.717, 1.165) is 19.0 Å². The summed E-state index contributed by atoms with van der Waals surface area (Å²) in [6, 6.07) is 0. The molecule has 2 aliphatic rings. The molecule has 1 aromatic heterocycles. The summed E-state index contributed by atoms with van der Waals surface area (Å²) >= 11 is 3.71. The first-order valence-corrected chi connectivity index (χ1v) is 5.75. The van der Waals surface area contributed by atoms with Gasteiger partial charge in [0.15, 0.2) is 0 Å². The van der Waals surface area contributed by atoms with Crippen LogP contribution in [0.4, 0.5) is 0 Å². The third-order valence-corrected chi connectivity index (χ3v) is 4.17. The number of aromatic nitrogens is 1. The van der Waals surface area contributed by atoms with Crippen molar-refractivity contribution in [2.45, 2.75) is 38.3 Å². The summed E-state index contributed by atoms with van der Waals surface area (Å²) in [7, 11) is 0. The van der Waals surface area contributed by atoms with Crippen LogP contribution in [0.5, 0.6) is 0 Å². The Balaban J connectivity index is 2.01. The number of halogens is 1. The number of hydrogen-bond donors (Lipinski definition) is 2. The summed E-state index contributed by atoms with van der Waals surface area (Å²) in [6.45, 7) is 2.04. The molecular formula is C10H13BrN2. The van der Waals surface area contributed by atoms with Crippen LogP contribution < -0.4 is 5.32 Å². The van der Waals surface area contributed by atoms with Gasteiger partial charge in [0.05, 0.1) is 0 Å². The van der Waals surface area contributed by atoms with E-state index in [1.807, 2.05) is 0 Å². The zero-order valence-corrected chi connectivity index (χ0v) is 9.08. The van der Waals surface area contributed by atoms with Gasteiger partial charge in [-0.1, -0.05) is 6.42 Å². The van der Waals surface area contributed by atoms with Crippen molar-refractivity contribution in [1.82, 2.24) is 10.3 Å². The Morgan fingerprint density at radius 1 is 1.23 bits per heavy atom. The third kappa shape index (κ3) is 1.10. The Morgan fingerprint density at radius 2 is 2.08 bits per heavy atom. The first-order valence-electron chi connectivity index (χ1n) is 4.96. The maximum atomic E-state index is 3.71. The number of fused-ring (bicyclic) bond motifs is 1. The second-order valence-corrected chi connectivity index (χ2v) is 4.83. The van der Waals surface area contributed by atoms with Crippen molar-refractivity contribution in [3.63, 3.8) is 0 Å². The molecule has 0 atom stereocenters. The summed E-state index contributed by atoms with van der Waals surface area (Å²) in [5.41, 5.74) is 4.31. The first-order chi connectivity index (χ1) is 6.36. The highest BCUT2D eigenvalue weighted by molar-refractivity contribution is 9.10. The summed E-state index contributed by atoms with van der Waals surface area (Å²) in [4.78, 5) is 3.55. The van der Waals surface area contributed by atoms with E-state index < -0.39 is 0 Å². The highest BCUT2D eigenvalue weighted by Crippen LogP contribution is 2.42. The molecule has 0 saturated heterocycles. The lowest BCUT2D eigenvalue weighted by Crippen LogP contribution is -2.11. The average Bonchev–Trinajstić information content (AvgIpc) is 2.54. The number of H-pyrrole nitrogens is 1. The van der Waals surface area contributed by atoms with Crippen molar-refractivity contribution in [3.8, 4) is 0 Å². The van der Waals surface area contributed by atoms with E-state index in [4.69, 9.17) is 0 Å². The summed E-state index contributed by atoms with van der Waals surface area (Å²) in [5, 5.41) is 3.35. The fourth-order valence-corrected chi connectivity index (χ4v) is 3.02. The molecule has 3 heteroatoms. The van der Waals surface area contributed by atoms with Gasteiger partial charge in [-0.15, -0.1) is 0 Å². The van der Waals surface area contributed by atoms with Gasteiger partial charge in [0.1, 0.15) is 0 Å². The zero-order valence-electron chi connectivity index (χ0n) is 7.49. The van der Waals surface area contributed by atoms with Crippen molar-refractivity contribution in [1.29, 1.82) is 0 Å². The second kappa shape index (κ2) is 2.85. The topological polar surface area (TPSA) is 27.8 Å². The summed E-state index contributed by atoms with van der Waals surface area (Å²) in [6.07, 6.45) is 4.13. The van der Waals surface area contributed by atoms with Crippen LogP contribution in [0.15, 0.2) is 4.47 Å². The monoisotopic (exact) mass is 240 g/mol. The Morgan fingerprint density at radius 3 is 2.69 bits per heavy atom. The smallest absolute Gasteiger partial charge is 0.0433 e. The Kier molecular flexibility index (Phi) is 1.77. The lowest BCUT2D eigenvalue weighted by Gasteiger charge is -2.25. The SMILES string of the molecule is Brc1c(C2CCC2)[nH]c2c1CNC2. The van der Waals surface area contributed by atoms with Gasteiger partial charge in [0, 0.05) is 40.4 Å². The van der Waals surface area contributed by atoms with Gasteiger partial charge in [-0.2, -0.15) is 0 Å². The largest absolute Gasteiger partial charge is 0.360 e. The number of nitrogens with one attached hydrogen (secondary N) is 2. The molecule has 2 N–H and O–H groups in total. The molecule has 13 heavy (non-hydrogen) atoms. The minimum atomic E-state index is 0.806. The van der Waals surface area contributed by atoms with E-state index in [9.17, 15) is 0 Å². The van der Waals surface area contributed by atoms with Crippen LogP contribution in [-0.4, -0.2) is 4.98 Å². The molecule has 0 bridgehead atoms. The van der Waals surface area contributed by atoms with Gasteiger partial charge in [-0.05, 0) is 28.8 Å². The molecule has 0 unspecified atom stereocenters. The molecule has 2 heterocycles. The Bertz CT molecular complexity index is 339. The van der Waals surface area contributed by atoms with Crippen molar-refractivity contribution >= 4 is 15.9 Å². The molecule has 0 radical (unpaired) electrons. The molecule has 0 aromatic carbocycles. The van der Waals surface area contributed by atoms with Crippen LogP contribution in [-0.2, 0) is 13.1 Å². The van der Waals surface area contributed by atoms with Gasteiger partial charge >= 0.3 is 0 Å². The highest BCUT2D eigenvalue weighted by atomic mass is 79.9. The van der Waals surface area contributed by atoms with E-state index in [1.165, 1.54) is 40.7 Å². The number of hydrogen-bond acceptors (Lipinski definition) is 1. The summed E-state index contributed by atoms with van der Waals surface area (Å²) < 4.78 is 1.34. The fraction of sp³-hybridized carbons (Fsp3) is 0.600. The second-order valence-electron chi connectivity index (χ2n) is 4.04. The molecule has 1 aliphatic heterocycles. The maximum Gasteiger partial charge on any atom is 0.0433 e. The average molecular weight is 241 g/mol. The number of rotatable bonds is 1. The minimum absolute atomic E-state index is 0.806. The molecule has 1 fully saturated rings. The molecule has 2 nitrogen and oxygen atoms in total. The van der Waals surface area contributed by atoms with Crippen molar-refractivity contribution < 1.29 is 0 Å². The molecule has 0 amide bonds. The molecular weight excluding hydrogens is 228 g/mol. The molecule has 0 spiro atoms. The van der Waals surface area contributed by atoms with Crippen LogP contribution >= 0.6 is 15.9 Å². The van der Waals surface area contributed by atoms with E-state index in [1.54, 1.807) is 0 Å². The number of aromatic amines is 1. The van der Waals surface area contributed by atoms with Crippen molar-refractivity contribution in [2.75, 3.05) is 0 Å². The van der Waals surface area contributed by atoms with Crippen LogP contribution in [0.3, 0.4) is 0 Å². The third-order valence-electron chi connectivity index (χ3n) is 3.27. The zero-order chi connectivity index (χ0) is 8.84. The predicted octanol–water partition coefficient (Wildman–Crippen LogP) is 2.65. The highest BCUT2D eigenvalue weighted by Gasteiger charge is 2.27. The quantitative estimate of drug-likeness (QED) is 0.777. The Hall–Kier alpha value is -0.280.